The number of rotatable bonds is 2. The first-order valence-electron chi connectivity index (χ1n) is 3.95. The lowest BCUT2D eigenvalue weighted by Gasteiger charge is -2.01. The Balaban J connectivity index is 2.92. The molecule has 0 spiro atoms. The van der Waals surface area contributed by atoms with Crippen LogP contribution in [0.2, 0.25) is 0 Å². The van der Waals surface area contributed by atoms with Gasteiger partial charge in [-0.05, 0) is 30.1 Å². The molecule has 0 aromatic carbocycles. The molecule has 0 radical (unpaired) electrons. The highest BCUT2D eigenvalue weighted by molar-refractivity contribution is 6.26. The van der Waals surface area contributed by atoms with E-state index in [1.165, 1.54) is 5.54 Å². The van der Waals surface area contributed by atoms with Crippen LogP contribution >= 0.6 is 11.6 Å². The van der Waals surface area contributed by atoms with Gasteiger partial charge in [0.05, 0.1) is 0 Å². The Labute approximate surface area is 77.4 Å². The first-order valence-corrected chi connectivity index (χ1v) is 4.38. The lowest BCUT2D eigenvalue weighted by Crippen LogP contribution is -1.96. The average Bonchev–Trinajstić information content (AvgIpc) is 2.32. The number of halogens is 2. The van der Waals surface area contributed by atoms with Crippen LogP contribution in [0.5, 0.6) is 0 Å². The molecule has 1 rings (SSSR count). The van der Waals surface area contributed by atoms with E-state index in [0.717, 1.165) is 16.7 Å². The highest BCUT2D eigenvalue weighted by atomic mass is 35.5. The van der Waals surface area contributed by atoms with Crippen LogP contribution in [-0.4, -0.2) is 6.17 Å². The zero-order valence-electron chi connectivity index (χ0n) is 7.11. The predicted molar refractivity (Wildman–Crippen MR) is 51.0 cm³/mol. The first-order chi connectivity index (χ1) is 5.70. The van der Waals surface area contributed by atoms with Crippen molar-refractivity contribution in [3.8, 4) is 0 Å². The Morgan fingerprint density at radius 2 is 2.42 bits per heavy atom. The third-order valence-corrected chi connectivity index (χ3v) is 2.50. The Hall–Kier alpha value is -0.560. The van der Waals surface area contributed by atoms with Crippen LogP contribution < -0.4 is 0 Å². The second kappa shape index (κ2) is 3.90. The van der Waals surface area contributed by atoms with E-state index in [1.807, 2.05) is 6.92 Å². The van der Waals surface area contributed by atoms with Gasteiger partial charge in [0, 0.05) is 12.0 Å². The average molecular weight is 187 g/mol. The zero-order valence-corrected chi connectivity index (χ0v) is 7.87. The van der Waals surface area contributed by atoms with Gasteiger partial charge >= 0.3 is 0 Å². The second-order valence-electron chi connectivity index (χ2n) is 2.95. The summed E-state index contributed by atoms with van der Waals surface area (Å²) in [6, 6.07) is 0. The molecular weight excluding hydrogens is 175 g/mol. The van der Waals surface area contributed by atoms with Crippen LogP contribution in [0.15, 0.2) is 34.9 Å². The van der Waals surface area contributed by atoms with Gasteiger partial charge in [0.2, 0.25) is 0 Å². The second-order valence-corrected chi connectivity index (χ2v) is 3.17. The summed E-state index contributed by atoms with van der Waals surface area (Å²) < 4.78 is 13.3. The molecule has 0 aromatic rings. The van der Waals surface area contributed by atoms with Crippen LogP contribution in [0.4, 0.5) is 4.39 Å². The number of hydrogen-bond acceptors (Lipinski definition) is 0. The Bertz CT molecular complexity index is 251. The monoisotopic (exact) mass is 186 g/mol. The van der Waals surface area contributed by atoms with Crippen molar-refractivity contribution in [1.82, 2.24) is 0 Å². The molecular formula is C10H12ClF. The van der Waals surface area contributed by atoms with Crippen molar-refractivity contribution >= 4 is 11.6 Å². The molecule has 66 valence electrons. The maximum Gasteiger partial charge on any atom is 0.126 e. The van der Waals surface area contributed by atoms with E-state index in [-0.39, 0.29) is 0 Å². The molecule has 12 heavy (non-hydrogen) atoms. The van der Waals surface area contributed by atoms with Gasteiger partial charge in [0.15, 0.2) is 0 Å². The fourth-order valence-electron chi connectivity index (χ4n) is 1.47. The summed E-state index contributed by atoms with van der Waals surface area (Å²) in [6.45, 7) is 5.50. The van der Waals surface area contributed by atoms with Crippen molar-refractivity contribution in [2.45, 2.75) is 25.9 Å². The summed E-state index contributed by atoms with van der Waals surface area (Å²) in [7, 11) is 0. The van der Waals surface area contributed by atoms with E-state index in [4.69, 9.17) is 11.6 Å². The van der Waals surface area contributed by atoms with Gasteiger partial charge < -0.3 is 0 Å². The van der Waals surface area contributed by atoms with Crippen molar-refractivity contribution in [2.75, 3.05) is 0 Å². The summed E-state index contributed by atoms with van der Waals surface area (Å²) in [5, 5.41) is 0. The molecule has 2 heteroatoms. The van der Waals surface area contributed by atoms with Crippen LogP contribution in [0.25, 0.3) is 0 Å². The van der Waals surface area contributed by atoms with Gasteiger partial charge in [-0.3, -0.25) is 0 Å². The largest absolute Gasteiger partial charge is 0.242 e. The van der Waals surface area contributed by atoms with Crippen LogP contribution in [0.1, 0.15) is 19.8 Å². The molecule has 0 aromatic heterocycles. The van der Waals surface area contributed by atoms with Crippen LogP contribution in [0.3, 0.4) is 0 Å². The normalized spacial score (nSPS) is 26.9. The van der Waals surface area contributed by atoms with Crippen LogP contribution in [0, 0.1) is 0 Å². The van der Waals surface area contributed by atoms with Gasteiger partial charge in [-0.1, -0.05) is 17.7 Å². The summed E-state index contributed by atoms with van der Waals surface area (Å²) in [6.07, 6.45) is 1.93. The van der Waals surface area contributed by atoms with E-state index < -0.39 is 6.17 Å². The Morgan fingerprint density at radius 3 is 2.83 bits per heavy atom. The van der Waals surface area contributed by atoms with Gasteiger partial charge in [-0.2, -0.15) is 0 Å². The maximum absolute atomic E-state index is 13.3. The summed E-state index contributed by atoms with van der Waals surface area (Å²) >= 11 is 5.54. The van der Waals surface area contributed by atoms with Crippen molar-refractivity contribution in [1.29, 1.82) is 0 Å². The summed E-state index contributed by atoms with van der Waals surface area (Å²) in [5.41, 5.74) is 4.22. The van der Waals surface area contributed by atoms with Gasteiger partial charge in [0.25, 0.3) is 0 Å². The van der Waals surface area contributed by atoms with E-state index in [1.54, 1.807) is 6.08 Å². The first kappa shape index (κ1) is 9.53. The quantitative estimate of drug-likeness (QED) is 0.577. The molecule has 1 aliphatic rings. The third-order valence-electron chi connectivity index (χ3n) is 2.24. The van der Waals surface area contributed by atoms with Gasteiger partial charge in [-0.15, -0.1) is 6.58 Å². The molecule has 0 N–H and O–H groups in total. The molecule has 0 amide bonds. The van der Waals surface area contributed by atoms with Crippen molar-refractivity contribution in [3.63, 3.8) is 0 Å². The van der Waals surface area contributed by atoms with E-state index in [2.05, 4.69) is 6.58 Å². The number of alkyl halides is 1. The lowest BCUT2D eigenvalue weighted by atomic mass is 10.1. The molecule has 0 aliphatic heterocycles. The van der Waals surface area contributed by atoms with Gasteiger partial charge in [0.1, 0.15) is 6.17 Å². The Morgan fingerprint density at radius 1 is 1.75 bits per heavy atom. The van der Waals surface area contributed by atoms with Crippen molar-refractivity contribution in [2.24, 2.45) is 0 Å². The van der Waals surface area contributed by atoms with E-state index in [0.29, 0.717) is 12.8 Å². The molecule has 0 saturated heterocycles. The molecule has 1 atom stereocenters. The lowest BCUT2D eigenvalue weighted by molar-refractivity contribution is 0.388. The molecule has 0 fully saturated rings. The SMILES string of the molecule is C=CCC1=C(C)C(=CCl)CC1F. The summed E-state index contributed by atoms with van der Waals surface area (Å²) in [5.74, 6) is 0. The highest BCUT2D eigenvalue weighted by Gasteiger charge is 2.25. The minimum atomic E-state index is -0.854. The van der Waals surface area contributed by atoms with E-state index in [9.17, 15) is 4.39 Å². The summed E-state index contributed by atoms with van der Waals surface area (Å²) in [4.78, 5) is 0. The van der Waals surface area contributed by atoms with Crippen LogP contribution in [-0.2, 0) is 0 Å². The highest BCUT2D eigenvalue weighted by Crippen LogP contribution is 2.35. The molecule has 0 heterocycles. The fraction of sp³-hybridized carbons (Fsp3) is 0.400. The Kier molecular flexibility index (Phi) is 3.10. The minimum absolute atomic E-state index is 0.429. The zero-order chi connectivity index (χ0) is 9.14. The molecule has 0 nitrogen and oxygen atoms in total. The molecule has 1 unspecified atom stereocenters. The number of hydrogen-bond donors (Lipinski definition) is 0. The maximum atomic E-state index is 13.3. The van der Waals surface area contributed by atoms with Gasteiger partial charge in [-0.25, -0.2) is 4.39 Å². The standard InChI is InChI=1S/C10H12ClF/c1-3-4-9-7(2)8(6-11)5-10(9)12/h3,6,10H,1,4-5H2,2H3. The van der Waals surface area contributed by atoms with Crippen molar-refractivity contribution < 1.29 is 4.39 Å². The third kappa shape index (κ3) is 1.61. The molecule has 0 bridgehead atoms. The fourth-order valence-corrected chi connectivity index (χ4v) is 1.73. The topological polar surface area (TPSA) is 0 Å². The molecule has 0 saturated carbocycles. The molecule has 1 aliphatic carbocycles. The number of allylic oxidation sites excluding steroid dienone is 4. The smallest absolute Gasteiger partial charge is 0.126 e. The predicted octanol–water partition coefficient (Wildman–Crippen LogP) is 3.74. The minimum Gasteiger partial charge on any atom is -0.242 e. The van der Waals surface area contributed by atoms with E-state index >= 15 is 0 Å². The van der Waals surface area contributed by atoms with Crippen molar-refractivity contribution in [3.05, 3.63) is 34.9 Å².